The minimum atomic E-state index is -0.149. The van der Waals surface area contributed by atoms with Gasteiger partial charge in [0.2, 0.25) is 5.91 Å². The van der Waals surface area contributed by atoms with Crippen molar-refractivity contribution in [3.63, 3.8) is 0 Å². The molecule has 0 saturated carbocycles. The van der Waals surface area contributed by atoms with Gasteiger partial charge in [0.1, 0.15) is 17.9 Å². The first kappa shape index (κ1) is 12.4. The number of nitrogens with zero attached hydrogens (tertiary/aromatic N) is 3. The molecule has 1 N–H and O–H groups in total. The molecule has 1 aliphatic heterocycles. The van der Waals surface area contributed by atoms with Crippen LogP contribution in [-0.2, 0) is 4.79 Å². The molecule has 2 heterocycles. The zero-order chi connectivity index (χ0) is 13.0. The topological polar surface area (TPSA) is 69.0 Å². The van der Waals surface area contributed by atoms with E-state index in [1.165, 1.54) is 0 Å². The van der Waals surface area contributed by atoms with Gasteiger partial charge in [0, 0.05) is 19.8 Å². The molecule has 1 aliphatic rings. The molecule has 5 nitrogen and oxygen atoms in total. The van der Waals surface area contributed by atoms with Gasteiger partial charge in [-0.15, -0.1) is 0 Å². The van der Waals surface area contributed by atoms with E-state index in [1.54, 1.807) is 25.4 Å². The van der Waals surface area contributed by atoms with Crippen molar-refractivity contribution in [1.29, 1.82) is 5.26 Å². The Bertz CT molecular complexity index is 463. The fourth-order valence-electron chi connectivity index (χ4n) is 2.27. The number of rotatable bonds is 2. The van der Waals surface area contributed by atoms with Crippen LogP contribution in [0, 0.1) is 11.3 Å². The molecular weight excluding hydrogens is 228 g/mol. The zero-order valence-corrected chi connectivity index (χ0v) is 10.4. The number of hydrogen-bond acceptors (Lipinski definition) is 4. The lowest BCUT2D eigenvalue weighted by Crippen LogP contribution is -2.49. The summed E-state index contributed by atoms with van der Waals surface area (Å²) >= 11 is 0. The minimum Gasteiger partial charge on any atom is -0.357 e. The number of hydrogen-bond donors (Lipinski definition) is 1. The Morgan fingerprint density at radius 3 is 3.00 bits per heavy atom. The van der Waals surface area contributed by atoms with E-state index in [-0.39, 0.29) is 11.9 Å². The molecule has 1 unspecified atom stereocenters. The molecule has 1 aromatic heterocycles. The molecule has 94 valence electrons. The van der Waals surface area contributed by atoms with E-state index in [4.69, 9.17) is 5.26 Å². The fourth-order valence-corrected chi connectivity index (χ4v) is 2.27. The van der Waals surface area contributed by atoms with E-state index < -0.39 is 0 Å². The highest BCUT2D eigenvalue weighted by atomic mass is 16.2. The lowest BCUT2D eigenvalue weighted by atomic mass is 10.0. The fraction of sp³-hybridized carbons (Fsp3) is 0.462. The average Bonchev–Trinajstić information content (AvgIpc) is 2.46. The molecule has 1 saturated heterocycles. The number of carbonyl (C=O) groups excluding carboxylic acids is 1. The molecular formula is C13H16N4O. The van der Waals surface area contributed by atoms with Crippen LogP contribution in [0.4, 0.5) is 5.82 Å². The highest BCUT2D eigenvalue weighted by Gasteiger charge is 2.28. The van der Waals surface area contributed by atoms with E-state index in [1.807, 2.05) is 11.0 Å². The average molecular weight is 244 g/mol. The molecule has 2 rings (SSSR count). The summed E-state index contributed by atoms with van der Waals surface area (Å²) in [5.74, 6) is 0.795. The molecule has 0 radical (unpaired) electrons. The molecule has 0 spiro atoms. The largest absolute Gasteiger partial charge is 0.357 e. The van der Waals surface area contributed by atoms with Crippen LogP contribution in [0.1, 0.15) is 24.8 Å². The van der Waals surface area contributed by atoms with E-state index in [2.05, 4.69) is 10.3 Å². The van der Waals surface area contributed by atoms with Gasteiger partial charge in [0.25, 0.3) is 0 Å². The van der Waals surface area contributed by atoms with Crippen molar-refractivity contribution >= 4 is 11.7 Å². The van der Waals surface area contributed by atoms with Crippen molar-refractivity contribution in [1.82, 2.24) is 10.3 Å². The number of nitrogens with one attached hydrogen (secondary N) is 1. The van der Waals surface area contributed by atoms with Gasteiger partial charge < -0.3 is 10.2 Å². The Hall–Kier alpha value is -2.09. The number of nitriles is 1. The SMILES string of the molecule is CNC(=O)C1CCCCN1c1ccc(C#N)cn1. The standard InChI is InChI=1S/C13H16N4O/c1-15-13(18)11-4-2-3-7-17(11)12-6-5-10(8-14)9-16-12/h5-6,9,11H,2-4,7H2,1H3,(H,15,18). The van der Waals surface area contributed by atoms with Gasteiger partial charge in [-0.05, 0) is 31.4 Å². The lowest BCUT2D eigenvalue weighted by Gasteiger charge is -2.35. The van der Waals surface area contributed by atoms with Crippen LogP contribution in [0.5, 0.6) is 0 Å². The van der Waals surface area contributed by atoms with E-state index >= 15 is 0 Å². The molecule has 0 bridgehead atoms. The number of pyridine rings is 1. The second kappa shape index (κ2) is 5.50. The zero-order valence-electron chi connectivity index (χ0n) is 10.4. The second-order valence-corrected chi connectivity index (χ2v) is 4.34. The van der Waals surface area contributed by atoms with E-state index in [9.17, 15) is 4.79 Å². The summed E-state index contributed by atoms with van der Waals surface area (Å²) in [5.41, 5.74) is 0.534. The van der Waals surface area contributed by atoms with Crippen LogP contribution in [0.3, 0.4) is 0 Å². The Labute approximate surface area is 106 Å². The Morgan fingerprint density at radius 2 is 2.39 bits per heavy atom. The van der Waals surface area contributed by atoms with Gasteiger partial charge in [0.05, 0.1) is 5.56 Å². The van der Waals surface area contributed by atoms with Crippen molar-refractivity contribution in [2.24, 2.45) is 0 Å². The summed E-state index contributed by atoms with van der Waals surface area (Å²) in [4.78, 5) is 18.1. The normalized spacial score (nSPS) is 19.1. The third-order valence-corrected chi connectivity index (χ3v) is 3.22. The van der Waals surface area contributed by atoms with Crippen LogP contribution in [0.25, 0.3) is 0 Å². The summed E-state index contributed by atoms with van der Waals surface area (Å²) in [6, 6.07) is 5.43. The minimum absolute atomic E-state index is 0.0286. The Balaban J connectivity index is 2.22. The second-order valence-electron chi connectivity index (χ2n) is 4.34. The van der Waals surface area contributed by atoms with Crippen molar-refractivity contribution in [2.45, 2.75) is 25.3 Å². The van der Waals surface area contributed by atoms with Crippen LogP contribution < -0.4 is 10.2 Å². The quantitative estimate of drug-likeness (QED) is 0.844. The summed E-state index contributed by atoms with van der Waals surface area (Å²) in [7, 11) is 1.65. The van der Waals surface area contributed by atoms with Crippen molar-refractivity contribution in [3.05, 3.63) is 23.9 Å². The maximum Gasteiger partial charge on any atom is 0.242 e. The predicted molar refractivity (Wildman–Crippen MR) is 68.0 cm³/mol. The third-order valence-electron chi connectivity index (χ3n) is 3.22. The van der Waals surface area contributed by atoms with Gasteiger partial charge >= 0.3 is 0 Å². The van der Waals surface area contributed by atoms with Gasteiger partial charge in [-0.25, -0.2) is 4.98 Å². The number of piperidine rings is 1. The monoisotopic (exact) mass is 244 g/mol. The molecule has 1 amide bonds. The van der Waals surface area contributed by atoms with Crippen molar-refractivity contribution in [2.75, 3.05) is 18.5 Å². The first-order valence-electron chi connectivity index (χ1n) is 6.10. The van der Waals surface area contributed by atoms with Crippen LogP contribution >= 0.6 is 0 Å². The van der Waals surface area contributed by atoms with Crippen LogP contribution in [0.15, 0.2) is 18.3 Å². The highest BCUT2D eigenvalue weighted by Crippen LogP contribution is 2.23. The lowest BCUT2D eigenvalue weighted by molar-refractivity contribution is -0.122. The van der Waals surface area contributed by atoms with Gasteiger partial charge in [0.15, 0.2) is 0 Å². The van der Waals surface area contributed by atoms with Gasteiger partial charge in [-0.1, -0.05) is 0 Å². The van der Waals surface area contributed by atoms with E-state index in [0.717, 1.165) is 31.6 Å². The highest BCUT2D eigenvalue weighted by molar-refractivity contribution is 5.84. The molecule has 1 aromatic rings. The summed E-state index contributed by atoms with van der Waals surface area (Å²) in [6.07, 6.45) is 4.52. The number of aromatic nitrogens is 1. The number of amides is 1. The molecule has 18 heavy (non-hydrogen) atoms. The van der Waals surface area contributed by atoms with Crippen molar-refractivity contribution < 1.29 is 4.79 Å². The van der Waals surface area contributed by atoms with Crippen LogP contribution in [-0.4, -0.2) is 30.5 Å². The third kappa shape index (κ3) is 2.43. The van der Waals surface area contributed by atoms with E-state index in [0.29, 0.717) is 5.56 Å². The first-order chi connectivity index (χ1) is 8.76. The van der Waals surface area contributed by atoms with Gasteiger partial charge in [-0.3, -0.25) is 4.79 Å². The maximum atomic E-state index is 11.8. The van der Waals surface area contributed by atoms with Crippen LogP contribution in [0.2, 0.25) is 0 Å². The Morgan fingerprint density at radius 1 is 1.56 bits per heavy atom. The molecule has 1 fully saturated rings. The van der Waals surface area contributed by atoms with Gasteiger partial charge in [-0.2, -0.15) is 5.26 Å². The Kier molecular flexibility index (Phi) is 3.78. The number of anilines is 1. The molecule has 0 aliphatic carbocycles. The number of likely N-dealkylation sites (N-methyl/N-ethyl adjacent to an activating group) is 1. The molecule has 5 heteroatoms. The summed E-state index contributed by atoms with van der Waals surface area (Å²) < 4.78 is 0. The number of carbonyl (C=O) groups is 1. The molecule has 0 aromatic carbocycles. The summed E-state index contributed by atoms with van der Waals surface area (Å²) in [6.45, 7) is 0.830. The molecule has 1 atom stereocenters. The maximum absolute atomic E-state index is 11.8. The predicted octanol–water partition coefficient (Wildman–Crippen LogP) is 1.06. The van der Waals surface area contributed by atoms with Crippen molar-refractivity contribution in [3.8, 4) is 6.07 Å². The summed E-state index contributed by atoms with van der Waals surface area (Å²) in [5, 5.41) is 11.4. The first-order valence-corrected chi connectivity index (χ1v) is 6.10. The smallest absolute Gasteiger partial charge is 0.242 e.